The standard InChI is InChI=1S/C19H19N5O4S/c1-27-13-4-2-12(3-5-13)10-14-17(20)24-19(21-18(14)26)29-15(22-24)11-16(25)23-6-8-28-9-7-23/h2-5,10,20H,6-9,11H2,1H3/b14-10+,20-17?. The number of thioether (sulfide) groups is 1. The first kappa shape index (κ1) is 19.3. The number of amides is 2. The van der Waals surface area contributed by atoms with Crippen LogP contribution in [0.3, 0.4) is 0 Å². The van der Waals surface area contributed by atoms with Crippen LogP contribution in [-0.2, 0) is 14.3 Å². The summed E-state index contributed by atoms with van der Waals surface area (Å²) in [6.45, 7) is 2.18. The normalized spacial score (nSPS) is 20.5. The highest BCUT2D eigenvalue weighted by Crippen LogP contribution is 2.29. The summed E-state index contributed by atoms with van der Waals surface area (Å²) in [5, 5.41) is 14.9. The molecule has 1 fully saturated rings. The second-order valence-corrected chi connectivity index (χ2v) is 7.50. The first-order chi connectivity index (χ1) is 14.0. The number of hydrazone groups is 1. The number of benzene rings is 1. The number of ether oxygens (including phenoxy) is 2. The van der Waals surface area contributed by atoms with Crippen molar-refractivity contribution < 1.29 is 19.1 Å². The Labute approximate surface area is 171 Å². The Morgan fingerprint density at radius 3 is 2.72 bits per heavy atom. The van der Waals surface area contributed by atoms with Gasteiger partial charge in [-0.25, -0.2) is 0 Å². The predicted molar refractivity (Wildman–Crippen MR) is 110 cm³/mol. The van der Waals surface area contributed by atoms with Crippen molar-refractivity contribution in [1.82, 2.24) is 9.91 Å². The van der Waals surface area contributed by atoms with Crippen LogP contribution in [0, 0.1) is 5.41 Å². The lowest BCUT2D eigenvalue weighted by Crippen LogP contribution is -2.41. The quantitative estimate of drug-likeness (QED) is 0.751. The van der Waals surface area contributed by atoms with Gasteiger partial charge in [0.1, 0.15) is 10.8 Å². The lowest BCUT2D eigenvalue weighted by Gasteiger charge is -2.26. The third-order valence-corrected chi connectivity index (χ3v) is 5.50. The first-order valence-corrected chi connectivity index (χ1v) is 9.85. The van der Waals surface area contributed by atoms with Crippen LogP contribution in [0.2, 0.25) is 0 Å². The van der Waals surface area contributed by atoms with Crippen LogP contribution < -0.4 is 4.74 Å². The molecule has 0 unspecified atom stereocenters. The average Bonchev–Trinajstić information content (AvgIpc) is 3.14. The largest absolute Gasteiger partial charge is 0.497 e. The van der Waals surface area contributed by atoms with Gasteiger partial charge in [-0.1, -0.05) is 12.1 Å². The molecule has 1 aromatic rings. The number of methoxy groups -OCH3 is 1. The number of hydrogen-bond acceptors (Lipinski definition) is 7. The lowest BCUT2D eigenvalue weighted by molar-refractivity contribution is -0.133. The van der Waals surface area contributed by atoms with Crippen LogP contribution in [0.1, 0.15) is 12.0 Å². The van der Waals surface area contributed by atoms with Gasteiger partial charge in [-0.2, -0.15) is 15.1 Å². The number of nitrogens with one attached hydrogen (secondary N) is 1. The SMILES string of the molecule is COc1ccc(/C=C2\C(=N)N3N=C(CC(=O)N4CCOCC4)SC3=NC2=O)cc1. The number of nitrogens with zero attached hydrogens (tertiary/aromatic N) is 4. The Morgan fingerprint density at radius 1 is 1.31 bits per heavy atom. The molecule has 3 heterocycles. The van der Waals surface area contributed by atoms with Crippen LogP contribution in [0.4, 0.5) is 0 Å². The maximum absolute atomic E-state index is 12.4. The molecule has 150 valence electrons. The van der Waals surface area contributed by atoms with E-state index in [2.05, 4.69) is 10.1 Å². The maximum Gasteiger partial charge on any atom is 0.283 e. The van der Waals surface area contributed by atoms with Gasteiger partial charge >= 0.3 is 0 Å². The van der Waals surface area contributed by atoms with Gasteiger partial charge in [-0.15, -0.1) is 0 Å². The van der Waals surface area contributed by atoms with E-state index in [-0.39, 0.29) is 23.7 Å². The number of amidine groups is 2. The number of hydrogen-bond donors (Lipinski definition) is 1. The molecule has 0 spiro atoms. The van der Waals surface area contributed by atoms with Crippen LogP contribution in [0.15, 0.2) is 39.9 Å². The summed E-state index contributed by atoms with van der Waals surface area (Å²) in [5.74, 6) is 0.0946. The third kappa shape index (κ3) is 4.08. The highest BCUT2D eigenvalue weighted by Gasteiger charge is 2.36. The maximum atomic E-state index is 12.4. The van der Waals surface area contributed by atoms with Crippen molar-refractivity contribution in [2.24, 2.45) is 10.1 Å². The van der Waals surface area contributed by atoms with Gasteiger partial charge in [0.15, 0.2) is 5.84 Å². The summed E-state index contributed by atoms with van der Waals surface area (Å²) in [6, 6.07) is 7.13. The fourth-order valence-corrected chi connectivity index (χ4v) is 3.90. The molecule has 1 aromatic carbocycles. The zero-order valence-electron chi connectivity index (χ0n) is 15.8. The summed E-state index contributed by atoms with van der Waals surface area (Å²) >= 11 is 1.15. The van der Waals surface area contributed by atoms with E-state index in [9.17, 15) is 9.59 Å². The number of morpholine rings is 1. The van der Waals surface area contributed by atoms with Gasteiger partial charge in [0.2, 0.25) is 11.1 Å². The molecule has 3 aliphatic rings. The topological polar surface area (TPSA) is 108 Å². The zero-order chi connectivity index (χ0) is 20.4. The van der Waals surface area contributed by atoms with Gasteiger partial charge in [-0.3, -0.25) is 15.0 Å². The van der Waals surface area contributed by atoms with Crippen LogP contribution in [0.25, 0.3) is 6.08 Å². The van der Waals surface area contributed by atoms with E-state index in [4.69, 9.17) is 14.9 Å². The van der Waals surface area contributed by atoms with Crippen molar-refractivity contribution >= 4 is 45.7 Å². The molecular formula is C19H19N5O4S. The fourth-order valence-electron chi connectivity index (χ4n) is 3.02. The van der Waals surface area contributed by atoms with Gasteiger partial charge in [0.25, 0.3) is 5.91 Å². The van der Waals surface area contributed by atoms with E-state index in [0.717, 1.165) is 17.3 Å². The van der Waals surface area contributed by atoms with Gasteiger partial charge in [0, 0.05) is 13.1 Å². The molecule has 29 heavy (non-hydrogen) atoms. The van der Waals surface area contributed by atoms with Gasteiger partial charge in [0.05, 0.1) is 32.3 Å². The molecule has 10 heteroatoms. The molecule has 0 saturated carbocycles. The molecular weight excluding hydrogens is 394 g/mol. The smallest absolute Gasteiger partial charge is 0.283 e. The Bertz CT molecular complexity index is 948. The molecule has 0 aromatic heterocycles. The number of rotatable bonds is 4. The molecule has 3 aliphatic heterocycles. The van der Waals surface area contributed by atoms with E-state index < -0.39 is 5.91 Å². The summed E-state index contributed by atoms with van der Waals surface area (Å²) in [6.07, 6.45) is 1.71. The Balaban J connectivity index is 1.50. The van der Waals surface area contributed by atoms with E-state index in [1.807, 2.05) is 0 Å². The number of carbonyl (C=O) groups is 2. The van der Waals surface area contributed by atoms with E-state index in [1.54, 1.807) is 42.4 Å². The number of aliphatic imine (C=N–C) groups is 1. The second kappa shape index (κ2) is 8.18. The summed E-state index contributed by atoms with van der Waals surface area (Å²) in [7, 11) is 1.58. The van der Waals surface area contributed by atoms with E-state index >= 15 is 0 Å². The Morgan fingerprint density at radius 2 is 2.03 bits per heavy atom. The van der Waals surface area contributed by atoms with E-state index in [0.29, 0.717) is 42.3 Å². The molecule has 0 bridgehead atoms. The van der Waals surface area contributed by atoms with Crippen molar-refractivity contribution in [2.75, 3.05) is 33.4 Å². The molecule has 2 amide bonds. The summed E-state index contributed by atoms with van der Waals surface area (Å²) in [5.41, 5.74) is 0.889. The van der Waals surface area contributed by atoms with Crippen molar-refractivity contribution in [2.45, 2.75) is 6.42 Å². The van der Waals surface area contributed by atoms with Crippen molar-refractivity contribution in [1.29, 1.82) is 5.41 Å². The van der Waals surface area contributed by atoms with Crippen LogP contribution >= 0.6 is 11.8 Å². The highest BCUT2D eigenvalue weighted by atomic mass is 32.2. The average molecular weight is 413 g/mol. The van der Waals surface area contributed by atoms with Crippen LogP contribution in [0.5, 0.6) is 5.75 Å². The lowest BCUT2D eigenvalue weighted by atomic mass is 10.1. The molecule has 0 radical (unpaired) electrons. The third-order valence-electron chi connectivity index (χ3n) is 4.59. The Kier molecular flexibility index (Phi) is 5.45. The fraction of sp³-hybridized carbons (Fsp3) is 0.316. The second-order valence-electron chi connectivity index (χ2n) is 6.46. The molecule has 9 nitrogen and oxygen atoms in total. The monoisotopic (exact) mass is 413 g/mol. The molecule has 1 N–H and O–H groups in total. The van der Waals surface area contributed by atoms with E-state index in [1.165, 1.54) is 5.01 Å². The predicted octanol–water partition coefficient (Wildman–Crippen LogP) is 1.56. The zero-order valence-corrected chi connectivity index (χ0v) is 16.6. The number of carbonyl (C=O) groups excluding carboxylic acids is 2. The van der Waals surface area contributed by atoms with Crippen molar-refractivity contribution in [3.63, 3.8) is 0 Å². The molecule has 0 atom stereocenters. The minimum Gasteiger partial charge on any atom is -0.497 e. The highest BCUT2D eigenvalue weighted by molar-refractivity contribution is 8.27. The minimum absolute atomic E-state index is 0.0492. The van der Waals surface area contributed by atoms with Crippen LogP contribution in [-0.4, -0.2) is 71.2 Å². The summed E-state index contributed by atoms with van der Waals surface area (Å²) < 4.78 is 10.4. The first-order valence-electron chi connectivity index (χ1n) is 9.04. The molecule has 1 saturated heterocycles. The Hall–Kier alpha value is -2.98. The number of fused-ring (bicyclic) bond motifs is 1. The molecule has 0 aliphatic carbocycles. The van der Waals surface area contributed by atoms with Crippen molar-refractivity contribution in [3.8, 4) is 5.75 Å². The molecule has 4 rings (SSSR count). The summed E-state index contributed by atoms with van der Waals surface area (Å²) in [4.78, 5) is 30.7. The van der Waals surface area contributed by atoms with Gasteiger partial charge < -0.3 is 14.4 Å². The minimum atomic E-state index is -0.500. The van der Waals surface area contributed by atoms with Crippen molar-refractivity contribution in [3.05, 3.63) is 35.4 Å². The van der Waals surface area contributed by atoms with Gasteiger partial charge in [-0.05, 0) is 35.5 Å².